The molecule has 0 unspecified atom stereocenters. The van der Waals surface area contributed by atoms with Gasteiger partial charge in [0, 0.05) is 6.54 Å². The fourth-order valence-electron chi connectivity index (χ4n) is 2.40. The predicted octanol–water partition coefficient (Wildman–Crippen LogP) is 1.43. The number of rotatable bonds is 4. The van der Waals surface area contributed by atoms with Gasteiger partial charge in [-0.3, -0.25) is 9.69 Å². The molecule has 0 radical (unpaired) electrons. The number of aliphatic hydroxyl groups is 1. The SMILES string of the molecule is Cc1cccc2c(=O)[nH]c(CN(C)CC(C)(C)O)nc12. The minimum Gasteiger partial charge on any atom is -0.389 e. The van der Waals surface area contributed by atoms with E-state index in [0.717, 1.165) is 11.1 Å². The summed E-state index contributed by atoms with van der Waals surface area (Å²) in [4.78, 5) is 21.3. The van der Waals surface area contributed by atoms with Crippen LogP contribution in [-0.2, 0) is 6.54 Å². The van der Waals surface area contributed by atoms with Crippen LogP contribution in [0, 0.1) is 6.92 Å². The summed E-state index contributed by atoms with van der Waals surface area (Å²) in [5.41, 5.74) is 0.829. The van der Waals surface area contributed by atoms with E-state index < -0.39 is 5.60 Å². The normalized spacial score (nSPS) is 12.3. The van der Waals surface area contributed by atoms with Gasteiger partial charge < -0.3 is 10.1 Å². The molecule has 0 spiro atoms. The quantitative estimate of drug-likeness (QED) is 0.885. The van der Waals surface area contributed by atoms with Crippen LogP contribution in [0.2, 0.25) is 0 Å². The van der Waals surface area contributed by atoms with E-state index in [1.807, 2.05) is 31.0 Å². The molecule has 0 atom stereocenters. The number of nitrogens with zero attached hydrogens (tertiary/aromatic N) is 2. The van der Waals surface area contributed by atoms with Crippen LogP contribution in [0.1, 0.15) is 25.2 Å². The highest BCUT2D eigenvalue weighted by molar-refractivity contribution is 5.80. The largest absolute Gasteiger partial charge is 0.389 e. The molecule has 0 aliphatic rings. The minimum atomic E-state index is -0.776. The van der Waals surface area contributed by atoms with Crippen molar-refractivity contribution < 1.29 is 5.11 Å². The van der Waals surface area contributed by atoms with Crippen molar-refractivity contribution in [2.45, 2.75) is 32.9 Å². The van der Waals surface area contributed by atoms with E-state index >= 15 is 0 Å². The standard InChI is InChI=1S/C15H21N3O2/c1-10-6-5-7-11-13(10)16-12(17-14(11)19)8-18(4)9-15(2,3)20/h5-7,20H,8-9H2,1-4H3,(H,16,17,19). The molecule has 1 aromatic heterocycles. The summed E-state index contributed by atoms with van der Waals surface area (Å²) in [7, 11) is 1.89. The van der Waals surface area contributed by atoms with Gasteiger partial charge in [-0.05, 0) is 39.4 Å². The van der Waals surface area contributed by atoms with Crippen molar-refractivity contribution in [2.75, 3.05) is 13.6 Å². The van der Waals surface area contributed by atoms with Gasteiger partial charge in [-0.15, -0.1) is 0 Å². The third-order valence-corrected chi connectivity index (χ3v) is 3.06. The van der Waals surface area contributed by atoms with Crippen LogP contribution >= 0.6 is 0 Å². The molecule has 1 aromatic carbocycles. The fraction of sp³-hybridized carbons (Fsp3) is 0.467. The first-order chi connectivity index (χ1) is 9.26. The monoisotopic (exact) mass is 275 g/mol. The number of aryl methyl sites for hydroxylation is 1. The first-order valence-electron chi connectivity index (χ1n) is 6.66. The topological polar surface area (TPSA) is 69.2 Å². The van der Waals surface area contributed by atoms with Gasteiger partial charge in [0.25, 0.3) is 5.56 Å². The number of aromatic amines is 1. The Labute approximate surface area is 118 Å². The van der Waals surface area contributed by atoms with Crippen LogP contribution in [0.4, 0.5) is 0 Å². The molecule has 0 saturated carbocycles. The van der Waals surface area contributed by atoms with Crippen LogP contribution in [0.3, 0.4) is 0 Å². The summed E-state index contributed by atoms with van der Waals surface area (Å²) in [6.07, 6.45) is 0. The zero-order chi connectivity index (χ0) is 14.9. The molecule has 1 heterocycles. The molecular weight excluding hydrogens is 254 g/mol. The predicted molar refractivity (Wildman–Crippen MR) is 79.7 cm³/mol. The number of nitrogens with one attached hydrogen (secondary N) is 1. The zero-order valence-corrected chi connectivity index (χ0v) is 12.4. The Balaban J connectivity index is 2.32. The number of fused-ring (bicyclic) bond motifs is 1. The van der Waals surface area contributed by atoms with E-state index in [1.165, 1.54) is 0 Å². The average Bonchev–Trinajstić information content (AvgIpc) is 2.28. The molecule has 0 bridgehead atoms. The molecule has 2 N–H and O–H groups in total. The third kappa shape index (κ3) is 3.43. The zero-order valence-electron chi connectivity index (χ0n) is 12.4. The van der Waals surface area contributed by atoms with Gasteiger partial charge in [0.05, 0.1) is 23.0 Å². The fourth-order valence-corrected chi connectivity index (χ4v) is 2.40. The molecule has 108 valence electrons. The van der Waals surface area contributed by atoms with Gasteiger partial charge in [0.15, 0.2) is 0 Å². The van der Waals surface area contributed by atoms with Crippen molar-refractivity contribution in [1.82, 2.24) is 14.9 Å². The summed E-state index contributed by atoms with van der Waals surface area (Å²) in [6, 6.07) is 5.58. The second-order valence-electron chi connectivity index (χ2n) is 5.97. The molecule has 0 saturated heterocycles. The number of benzene rings is 1. The maximum absolute atomic E-state index is 12.1. The summed E-state index contributed by atoms with van der Waals surface area (Å²) < 4.78 is 0. The van der Waals surface area contributed by atoms with Crippen molar-refractivity contribution in [3.05, 3.63) is 39.9 Å². The molecule has 2 rings (SSSR count). The van der Waals surface area contributed by atoms with Crippen LogP contribution in [-0.4, -0.2) is 39.2 Å². The van der Waals surface area contributed by atoms with Gasteiger partial charge in [-0.2, -0.15) is 0 Å². The molecule has 0 aliphatic carbocycles. The highest BCUT2D eigenvalue weighted by atomic mass is 16.3. The summed E-state index contributed by atoms with van der Waals surface area (Å²) in [5.74, 6) is 0.614. The van der Waals surface area contributed by atoms with Crippen molar-refractivity contribution in [2.24, 2.45) is 0 Å². The van der Waals surface area contributed by atoms with Crippen LogP contribution in [0.5, 0.6) is 0 Å². The lowest BCUT2D eigenvalue weighted by Gasteiger charge is -2.24. The Kier molecular flexibility index (Phi) is 3.92. The molecule has 5 heteroatoms. The van der Waals surface area contributed by atoms with E-state index in [2.05, 4.69) is 9.97 Å². The van der Waals surface area contributed by atoms with Gasteiger partial charge in [0.2, 0.25) is 0 Å². The highest BCUT2D eigenvalue weighted by Crippen LogP contribution is 2.13. The molecule has 0 aliphatic heterocycles. The van der Waals surface area contributed by atoms with Gasteiger partial charge in [-0.1, -0.05) is 12.1 Å². The Hall–Kier alpha value is -1.72. The minimum absolute atomic E-state index is 0.120. The van der Waals surface area contributed by atoms with Crippen molar-refractivity contribution in [1.29, 1.82) is 0 Å². The van der Waals surface area contributed by atoms with Crippen molar-refractivity contribution in [3.63, 3.8) is 0 Å². The Bertz CT molecular complexity index is 671. The van der Waals surface area contributed by atoms with E-state index in [9.17, 15) is 9.90 Å². The lowest BCUT2D eigenvalue weighted by atomic mass is 10.1. The number of hydrogen-bond acceptors (Lipinski definition) is 4. The molecule has 5 nitrogen and oxygen atoms in total. The van der Waals surface area contributed by atoms with Gasteiger partial charge >= 0.3 is 0 Å². The average molecular weight is 275 g/mol. The van der Waals surface area contributed by atoms with E-state index in [-0.39, 0.29) is 5.56 Å². The maximum atomic E-state index is 12.1. The van der Waals surface area contributed by atoms with Crippen LogP contribution in [0.15, 0.2) is 23.0 Å². The van der Waals surface area contributed by atoms with E-state index in [0.29, 0.717) is 24.3 Å². The van der Waals surface area contributed by atoms with Crippen LogP contribution < -0.4 is 5.56 Å². The lowest BCUT2D eigenvalue weighted by Crippen LogP contribution is -2.36. The number of likely N-dealkylation sites (N-methyl/N-ethyl adjacent to an activating group) is 1. The Morgan fingerprint density at radius 1 is 1.40 bits per heavy atom. The van der Waals surface area contributed by atoms with Gasteiger partial charge in [-0.25, -0.2) is 4.98 Å². The van der Waals surface area contributed by atoms with E-state index in [1.54, 1.807) is 19.9 Å². The third-order valence-electron chi connectivity index (χ3n) is 3.06. The number of para-hydroxylation sites is 1. The molecule has 2 aromatic rings. The Morgan fingerprint density at radius 3 is 2.75 bits per heavy atom. The number of hydrogen-bond donors (Lipinski definition) is 2. The first-order valence-corrected chi connectivity index (χ1v) is 6.66. The molecule has 20 heavy (non-hydrogen) atoms. The molecule has 0 amide bonds. The van der Waals surface area contributed by atoms with Gasteiger partial charge in [0.1, 0.15) is 5.82 Å². The maximum Gasteiger partial charge on any atom is 0.258 e. The Morgan fingerprint density at radius 2 is 2.10 bits per heavy atom. The summed E-state index contributed by atoms with van der Waals surface area (Å²) in [5, 5.41) is 10.4. The highest BCUT2D eigenvalue weighted by Gasteiger charge is 2.16. The van der Waals surface area contributed by atoms with Crippen LogP contribution in [0.25, 0.3) is 10.9 Å². The van der Waals surface area contributed by atoms with E-state index in [4.69, 9.17) is 0 Å². The lowest BCUT2D eigenvalue weighted by molar-refractivity contribution is 0.0418. The number of aromatic nitrogens is 2. The van der Waals surface area contributed by atoms with Crippen molar-refractivity contribution >= 4 is 10.9 Å². The van der Waals surface area contributed by atoms with Crippen molar-refractivity contribution in [3.8, 4) is 0 Å². The first kappa shape index (κ1) is 14.7. The smallest absolute Gasteiger partial charge is 0.258 e. The molecular formula is C15H21N3O2. The summed E-state index contributed by atoms with van der Waals surface area (Å²) >= 11 is 0. The second-order valence-corrected chi connectivity index (χ2v) is 5.97. The second kappa shape index (κ2) is 5.34. The summed E-state index contributed by atoms with van der Waals surface area (Å²) in [6.45, 7) is 6.44. The molecule has 0 fully saturated rings. The number of H-pyrrole nitrogens is 1.